The van der Waals surface area contributed by atoms with E-state index in [1.54, 1.807) is 42.5 Å². The van der Waals surface area contributed by atoms with E-state index in [4.69, 9.17) is 10.5 Å². The number of primary amides is 1. The number of rotatable bonds is 7. The Labute approximate surface area is 155 Å². The van der Waals surface area contributed by atoms with Gasteiger partial charge in [0.05, 0.1) is 22.3 Å². The first kappa shape index (κ1) is 19.0. The van der Waals surface area contributed by atoms with Crippen LogP contribution in [0.5, 0.6) is 5.75 Å². The number of hydrogen-bond donors (Lipinski definition) is 2. The van der Waals surface area contributed by atoms with Gasteiger partial charge < -0.3 is 15.8 Å². The molecule has 0 aromatic heterocycles. The highest BCUT2D eigenvalue weighted by molar-refractivity contribution is 9.10. The Morgan fingerprint density at radius 1 is 1.20 bits per heavy atom. The van der Waals surface area contributed by atoms with Crippen molar-refractivity contribution in [2.75, 3.05) is 11.9 Å². The summed E-state index contributed by atoms with van der Waals surface area (Å²) >= 11 is 3.43. The number of ether oxygens (including phenoxy) is 1. The largest absolute Gasteiger partial charge is 0.492 e. The summed E-state index contributed by atoms with van der Waals surface area (Å²) in [4.78, 5) is 23.9. The third-order valence-corrected chi connectivity index (χ3v) is 4.21. The van der Waals surface area contributed by atoms with Crippen molar-refractivity contribution in [1.29, 1.82) is 0 Å². The van der Waals surface area contributed by atoms with Crippen LogP contribution in [0.1, 0.15) is 41.0 Å². The van der Waals surface area contributed by atoms with Gasteiger partial charge in [0.25, 0.3) is 11.8 Å². The van der Waals surface area contributed by atoms with Crippen LogP contribution in [0, 0.1) is 5.92 Å². The van der Waals surface area contributed by atoms with Crippen molar-refractivity contribution in [3.8, 4) is 5.75 Å². The van der Waals surface area contributed by atoms with E-state index in [2.05, 4.69) is 35.1 Å². The number of hydrogen-bond acceptors (Lipinski definition) is 3. The second-order valence-electron chi connectivity index (χ2n) is 6.04. The molecule has 6 heteroatoms. The highest BCUT2D eigenvalue weighted by atomic mass is 79.9. The molecule has 2 amide bonds. The van der Waals surface area contributed by atoms with Crippen LogP contribution < -0.4 is 15.8 Å². The van der Waals surface area contributed by atoms with Gasteiger partial charge in [-0.3, -0.25) is 9.59 Å². The minimum atomic E-state index is -0.592. The SMILES string of the molecule is CC(C)CCOc1ccc(C(=O)Nc2ccccc2C(N)=O)cc1Br. The van der Waals surface area contributed by atoms with Gasteiger partial charge in [-0.1, -0.05) is 26.0 Å². The number of carbonyl (C=O) groups excluding carboxylic acids is 2. The molecule has 2 aromatic carbocycles. The van der Waals surface area contributed by atoms with E-state index in [9.17, 15) is 9.59 Å². The van der Waals surface area contributed by atoms with Crippen molar-refractivity contribution in [2.24, 2.45) is 11.7 Å². The predicted octanol–water partition coefficient (Wildman–Crippen LogP) is 4.23. The molecule has 2 rings (SSSR count). The molecule has 0 heterocycles. The fourth-order valence-corrected chi connectivity index (χ4v) is 2.66. The van der Waals surface area contributed by atoms with Gasteiger partial charge >= 0.3 is 0 Å². The highest BCUT2D eigenvalue weighted by Crippen LogP contribution is 2.27. The Kier molecular flexibility index (Phi) is 6.58. The molecule has 5 nitrogen and oxygen atoms in total. The molecule has 0 aliphatic carbocycles. The highest BCUT2D eigenvalue weighted by Gasteiger charge is 2.13. The lowest BCUT2D eigenvalue weighted by Gasteiger charge is -2.12. The zero-order valence-corrected chi connectivity index (χ0v) is 15.8. The molecular weight excluding hydrogens is 384 g/mol. The van der Waals surface area contributed by atoms with Crippen LogP contribution >= 0.6 is 15.9 Å². The zero-order valence-electron chi connectivity index (χ0n) is 14.2. The average Bonchev–Trinajstić information content (AvgIpc) is 2.56. The van der Waals surface area contributed by atoms with E-state index in [0.29, 0.717) is 34.0 Å². The first-order valence-corrected chi connectivity index (χ1v) is 8.80. The van der Waals surface area contributed by atoms with E-state index in [-0.39, 0.29) is 11.5 Å². The number of nitrogens with one attached hydrogen (secondary N) is 1. The monoisotopic (exact) mass is 404 g/mol. The second-order valence-corrected chi connectivity index (χ2v) is 6.89. The van der Waals surface area contributed by atoms with Crippen molar-refractivity contribution in [1.82, 2.24) is 0 Å². The molecule has 0 fully saturated rings. The van der Waals surface area contributed by atoms with Gasteiger partial charge in [-0.15, -0.1) is 0 Å². The quantitative estimate of drug-likeness (QED) is 0.724. The summed E-state index contributed by atoms with van der Waals surface area (Å²) in [6, 6.07) is 11.7. The molecule has 0 spiro atoms. The Balaban J connectivity index is 2.10. The topological polar surface area (TPSA) is 81.4 Å². The number of halogens is 1. The summed E-state index contributed by atoms with van der Waals surface area (Å²) in [5.41, 5.74) is 6.42. The maximum atomic E-state index is 12.4. The van der Waals surface area contributed by atoms with Gasteiger partial charge in [-0.05, 0) is 58.6 Å². The van der Waals surface area contributed by atoms with Gasteiger partial charge in [-0.2, -0.15) is 0 Å². The maximum Gasteiger partial charge on any atom is 0.255 e. The molecule has 0 unspecified atom stereocenters. The number of nitrogens with two attached hydrogens (primary N) is 1. The number of para-hydroxylation sites is 1. The summed E-state index contributed by atoms with van der Waals surface area (Å²) in [6.45, 7) is 4.89. The molecule has 3 N–H and O–H groups in total. The molecule has 25 heavy (non-hydrogen) atoms. The molecule has 0 radical (unpaired) electrons. The summed E-state index contributed by atoms with van der Waals surface area (Å²) < 4.78 is 6.41. The lowest BCUT2D eigenvalue weighted by molar-refractivity contribution is 0.100. The van der Waals surface area contributed by atoms with Crippen LogP contribution in [0.15, 0.2) is 46.9 Å². The van der Waals surface area contributed by atoms with Gasteiger partial charge in [0, 0.05) is 5.56 Å². The standard InChI is InChI=1S/C19H21BrN2O3/c1-12(2)9-10-25-17-8-7-13(11-15(17)20)19(24)22-16-6-4-3-5-14(16)18(21)23/h3-8,11-12H,9-10H2,1-2H3,(H2,21,23)(H,22,24). The van der Waals surface area contributed by atoms with E-state index >= 15 is 0 Å². The van der Waals surface area contributed by atoms with Crippen molar-refractivity contribution in [3.05, 3.63) is 58.1 Å². The van der Waals surface area contributed by atoms with Crippen LogP contribution in [-0.4, -0.2) is 18.4 Å². The summed E-state index contributed by atoms with van der Waals surface area (Å²) in [5, 5.41) is 2.71. The number of benzene rings is 2. The number of carbonyl (C=O) groups is 2. The van der Waals surface area contributed by atoms with Crippen LogP contribution in [-0.2, 0) is 0 Å². The summed E-state index contributed by atoms with van der Waals surface area (Å²) in [7, 11) is 0. The summed E-state index contributed by atoms with van der Waals surface area (Å²) in [6.07, 6.45) is 0.957. The third kappa shape index (κ3) is 5.32. The van der Waals surface area contributed by atoms with Crippen molar-refractivity contribution in [2.45, 2.75) is 20.3 Å². The molecule has 0 aliphatic rings. The van der Waals surface area contributed by atoms with E-state index < -0.39 is 5.91 Å². The molecular formula is C19H21BrN2O3. The van der Waals surface area contributed by atoms with Crippen LogP contribution in [0.25, 0.3) is 0 Å². The number of anilines is 1. The fourth-order valence-electron chi connectivity index (χ4n) is 2.17. The normalized spacial score (nSPS) is 10.6. The third-order valence-electron chi connectivity index (χ3n) is 3.59. The molecule has 0 aliphatic heterocycles. The van der Waals surface area contributed by atoms with Gasteiger partial charge in [0.15, 0.2) is 0 Å². The van der Waals surface area contributed by atoms with Crippen LogP contribution in [0.4, 0.5) is 5.69 Å². The first-order chi connectivity index (χ1) is 11.9. The van der Waals surface area contributed by atoms with Crippen LogP contribution in [0.3, 0.4) is 0 Å². The van der Waals surface area contributed by atoms with Crippen molar-refractivity contribution in [3.63, 3.8) is 0 Å². The Morgan fingerprint density at radius 2 is 1.92 bits per heavy atom. The van der Waals surface area contributed by atoms with Gasteiger partial charge in [-0.25, -0.2) is 0 Å². The molecule has 0 atom stereocenters. The van der Waals surface area contributed by atoms with Gasteiger partial charge in [0.2, 0.25) is 0 Å². The Hall–Kier alpha value is -2.34. The summed E-state index contributed by atoms with van der Waals surface area (Å²) in [5.74, 6) is 0.331. The Bertz CT molecular complexity index is 775. The molecule has 2 aromatic rings. The first-order valence-electron chi connectivity index (χ1n) is 8.01. The minimum absolute atomic E-state index is 0.267. The lowest BCUT2D eigenvalue weighted by atomic mass is 10.1. The molecule has 0 saturated heterocycles. The second kappa shape index (κ2) is 8.67. The zero-order chi connectivity index (χ0) is 18.4. The smallest absolute Gasteiger partial charge is 0.255 e. The minimum Gasteiger partial charge on any atom is -0.492 e. The van der Waals surface area contributed by atoms with E-state index in [1.807, 2.05) is 0 Å². The number of amides is 2. The molecule has 0 saturated carbocycles. The fraction of sp³-hybridized carbons (Fsp3) is 0.263. The average molecular weight is 405 g/mol. The Morgan fingerprint density at radius 3 is 2.56 bits per heavy atom. The molecule has 132 valence electrons. The lowest BCUT2D eigenvalue weighted by Crippen LogP contribution is -2.18. The van der Waals surface area contributed by atoms with Crippen molar-refractivity contribution < 1.29 is 14.3 Å². The van der Waals surface area contributed by atoms with Crippen LogP contribution in [0.2, 0.25) is 0 Å². The maximum absolute atomic E-state index is 12.4. The van der Waals surface area contributed by atoms with E-state index in [0.717, 1.165) is 6.42 Å². The van der Waals surface area contributed by atoms with E-state index in [1.165, 1.54) is 0 Å². The molecule has 0 bridgehead atoms. The van der Waals surface area contributed by atoms with Gasteiger partial charge in [0.1, 0.15) is 5.75 Å². The van der Waals surface area contributed by atoms with Crippen molar-refractivity contribution >= 4 is 33.4 Å². The predicted molar refractivity (Wildman–Crippen MR) is 102 cm³/mol.